The number of aliphatic hydroxyl groups is 1. The molecule has 0 bridgehead atoms. The highest BCUT2D eigenvalue weighted by molar-refractivity contribution is 5.95. The van der Waals surface area contributed by atoms with Crippen molar-refractivity contribution in [1.29, 1.82) is 0 Å². The fraction of sp³-hybridized carbons (Fsp3) is 0.176. The lowest BCUT2D eigenvalue weighted by Crippen LogP contribution is -2.17. The monoisotopic (exact) mass is 563 g/mol. The van der Waals surface area contributed by atoms with Gasteiger partial charge >= 0.3 is 0 Å². The number of aryl methyl sites for hydroxylation is 3. The molecule has 6 rings (SSSR count). The van der Waals surface area contributed by atoms with Crippen molar-refractivity contribution in [1.82, 2.24) is 14.5 Å². The topological polar surface area (TPSA) is 93.3 Å². The summed E-state index contributed by atoms with van der Waals surface area (Å²) in [5, 5.41) is 11.2. The van der Waals surface area contributed by atoms with E-state index in [2.05, 4.69) is 9.97 Å². The molecule has 42 heavy (non-hydrogen) atoms. The Bertz CT molecular complexity index is 1990. The Morgan fingerprint density at radius 3 is 2.40 bits per heavy atom. The molecule has 0 saturated heterocycles. The van der Waals surface area contributed by atoms with Crippen molar-refractivity contribution in [3.05, 3.63) is 112 Å². The zero-order valence-corrected chi connectivity index (χ0v) is 23.9. The average Bonchev–Trinajstić information content (AvgIpc) is 3.61. The SMILES string of the molecule is Cc1cc(F)cc(C)c1Oc1ccc(C(C)(C)O)cc1-c1cn(C)c(=O)c2cc(-c3cnc(-c4ccccc4)[nH]3)oc12. The van der Waals surface area contributed by atoms with Crippen molar-refractivity contribution < 1.29 is 18.7 Å². The Morgan fingerprint density at radius 1 is 1.00 bits per heavy atom. The van der Waals surface area contributed by atoms with Crippen LogP contribution in [-0.2, 0) is 12.6 Å². The molecule has 0 aliphatic rings. The van der Waals surface area contributed by atoms with E-state index in [9.17, 15) is 14.3 Å². The fourth-order valence-corrected chi connectivity index (χ4v) is 5.14. The summed E-state index contributed by atoms with van der Waals surface area (Å²) < 4.78 is 28.3. The van der Waals surface area contributed by atoms with Gasteiger partial charge in [0, 0.05) is 29.9 Å². The van der Waals surface area contributed by atoms with Crippen LogP contribution in [0.2, 0.25) is 0 Å². The number of hydrogen-bond acceptors (Lipinski definition) is 5. The Balaban J connectivity index is 1.54. The zero-order valence-electron chi connectivity index (χ0n) is 23.9. The van der Waals surface area contributed by atoms with E-state index in [1.807, 2.05) is 36.4 Å². The molecule has 3 aromatic heterocycles. The molecule has 0 saturated carbocycles. The van der Waals surface area contributed by atoms with Crippen LogP contribution in [0.15, 0.2) is 88.3 Å². The van der Waals surface area contributed by atoms with E-state index in [4.69, 9.17) is 9.15 Å². The number of fused-ring (bicyclic) bond motifs is 1. The molecule has 0 spiro atoms. The number of aromatic amines is 1. The van der Waals surface area contributed by atoms with E-state index in [0.717, 1.165) is 5.56 Å². The summed E-state index contributed by atoms with van der Waals surface area (Å²) in [6, 6.07) is 19.7. The summed E-state index contributed by atoms with van der Waals surface area (Å²) in [6.45, 7) is 6.97. The minimum atomic E-state index is -1.15. The van der Waals surface area contributed by atoms with Gasteiger partial charge in [-0.2, -0.15) is 0 Å². The first-order chi connectivity index (χ1) is 20.0. The highest BCUT2D eigenvalue weighted by Gasteiger charge is 2.24. The number of nitrogens with zero attached hydrogens (tertiary/aromatic N) is 2. The van der Waals surface area contributed by atoms with Gasteiger partial charge in [0.1, 0.15) is 34.4 Å². The number of ether oxygens (including phenoxy) is 1. The van der Waals surface area contributed by atoms with Crippen LogP contribution in [0.5, 0.6) is 11.5 Å². The summed E-state index contributed by atoms with van der Waals surface area (Å²) in [6.07, 6.45) is 3.37. The van der Waals surface area contributed by atoms with Crippen molar-refractivity contribution >= 4 is 11.0 Å². The van der Waals surface area contributed by atoms with Gasteiger partial charge in [-0.05, 0) is 74.7 Å². The molecule has 8 heteroatoms. The number of hydrogen-bond donors (Lipinski definition) is 2. The number of pyridine rings is 1. The Labute approximate surface area is 241 Å². The minimum Gasteiger partial charge on any atom is -0.456 e. The number of benzene rings is 3. The molecular weight excluding hydrogens is 533 g/mol. The van der Waals surface area contributed by atoms with Crippen LogP contribution < -0.4 is 10.3 Å². The average molecular weight is 564 g/mol. The summed E-state index contributed by atoms with van der Waals surface area (Å²) in [5.41, 5.74) is 3.68. The molecule has 7 nitrogen and oxygen atoms in total. The van der Waals surface area contributed by atoms with E-state index >= 15 is 0 Å². The quantitative estimate of drug-likeness (QED) is 0.217. The van der Waals surface area contributed by atoms with Gasteiger partial charge in [0.15, 0.2) is 5.76 Å². The maximum absolute atomic E-state index is 14.0. The summed E-state index contributed by atoms with van der Waals surface area (Å²) in [5.74, 6) is 1.78. The van der Waals surface area contributed by atoms with Gasteiger partial charge < -0.3 is 23.8 Å². The predicted molar refractivity (Wildman–Crippen MR) is 161 cm³/mol. The minimum absolute atomic E-state index is 0.224. The summed E-state index contributed by atoms with van der Waals surface area (Å²) in [7, 11) is 1.68. The largest absolute Gasteiger partial charge is 0.456 e. The second-order valence-electron chi connectivity index (χ2n) is 11.1. The van der Waals surface area contributed by atoms with Crippen LogP contribution in [0.25, 0.3) is 44.9 Å². The molecule has 0 aliphatic carbocycles. The highest BCUT2D eigenvalue weighted by Crippen LogP contribution is 2.42. The molecule has 0 aliphatic heterocycles. The normalized spacial score (nSPS) is 11.8. The Kier molecular flexibility index (Phi) is 6.58. The lowest BCUT2D eigenvalue weighted by Gasteiger charge is -2.21. The third-order valence-electron chi connectivity index (χ3n) is 7.35. The molecule has 2 N–H and O–H groups in total. The van der Waals surface area contributed by atoms with Crippen LogP contribution in [0.1, 0.15) is 30.5 Å². The molecule has 0 radical (unpaired) electrons. The van der Waals surface area contributed by atoms with Gasteiger partial charge in [-0.1, -0.05) is 36.4 Å². The molecule has 3 heterocycles. The number of imidazole rings is 1. The van der Waals surface area contributed by atoms with E-state index in [1.165, 1.54) is 16.7 Å². The molecule has 3 aromatic carbocycles. The number of H-pyrrole nitrogens is 1. The van der Waals surface area contributed by atoms with Gasteiger partial charge in [-0.3, -0.25) is 4.79 Å². The zero-order chi connectivity index (χ0) is 29.8. The van der Waals surface area contributed by atoms with Gasteiger partial charge in [0.2, 0.25) is 0 Å². The van der Waals surface area contributed by atoms with Crippen LogP contribution in [0, 0.1) is 19.7 Å². The van der Waals surface area contributed by atoms with Crippen LogP contribution in [0.4, 0.5) is 4.39 Å². The van der Waals surface area contributed by atoms with E-state index < -0.39 is 5.60 Å². The number of halogens is 1. The maximum Gasteiger partial charge on any atom is 0.261 e. The Hall–Kier alpha value is -4.95. The van der Waals surface area contributed by atoms with Gasteiger partial charge in [0.25, 0.3) is 5.56 Å². The van der Waals surface area contributed by atoms with Crippen molar-refractivity contribution in [2.45, 2.75) is 33.3 Å². The molecular formula is C34H30FN3O4. The molecule has 0 unspecified atom stereocenters. The molecule has 6 aromatic rings. The first kappa shape index (κ1) is 27.2. The molecule has 212 valence electrons. The van der Waals surface area contributed by atoms with Crippen molar-refractivity contribution in [2.75, 3.05) is 0 Å². The van der Waals surface area contributed by atoms with Crippen molar-refractivity contribution in [2.24, 2.45) is 7.05 Å². The Morgan fingerprint density at radius 2 is 1.71 bits per heavy atom. The molecule has 0 atom stereocenters. The molecule has 0 amide bonds. The lowest BCUT2D eigenvalue weighted by atomic mass is 9.93. The first-order valence-electron chi connectivity index (χ1n) is 13.6. The number of rotatable bonds is 6. The highest BCUT2D eigenvalue weighted by atomic mass is 19.1. The first-order valence-corrected chi connectivity index (χ1v) is 13.6. The van der Waals surface area contributed by atoms with Gasteiger partial charge in [-0.15, -0.1) is 0 Å². The van der Waals surface area contributed by atoms with Crippen molar-refractivity contribution in [3.63, 3.8) is 0 Å². The van der Waals surface area contributed by atoms with Gasteiger partial charge in [-0.25, -0.2) is 9.37 Å². The van der Waals surface area contributed by atoms with Crippen molar-refractivity contribution in [3.8, 4) is 45.5 Å². The standard InChI is InChI=1S/C34H30FN3O4/c1-19-13-23(35)14-20(2)30(19)41-28-12-11-22(34(3,4)40)15-24(28)26-18-38(5)33(39)25-16-29(42-31(25)26)27-17-36-32(37-27)21-9-7-6-8-10-21/h6-18,40H,1-5H3,(H,36,37). The smallest absolute Gasteiger partial charge is 0.261 e. The second kappa shape index (κ2) is 10.2. The van der Waals surface area contributed by atoms with E-state index in [1.54, 1.807) is 65.3 Å². The van der Waals surface area contributed by atoms with Crippen LogP contribution >= 0.6 is 0 Å². The van der Waals surface area contributed by atoms with Gasteiger partial charge in [0.05, 0.1) is 17.2 Å². The van der Waals surface area contributed by atoms with Crippen LogP contribution in [-0.4, -0.2) is 19.6 Å². The maximum atomic E-state index is 14.0. The molecule has 0 fully saturated rings. The summed E-state index contributed by atoms with van der Waals surface area (Å²) in [4.78, 5) is 21.1. The third kappa shape index (κ3) is 4.90. The number of nitrogens with one attached hydrogen (secondary N) is 1. The number of furan rings is 1. The van der Waals surface area contributed by atoms with Crippen LogP contribution in [0.3, 0.4) is 0 Å². The lowest BCUT2D eigenvalue weighted by molar-refractivity contribution is 0.0786. The second-order valence-corrected chi connectivity index (χ2v) is 11.1. The van der Waals surface area contributed by atoms with E-state index in [-0.39, 0.29) is 11.4 Å². The summed E-state index contributed by atoms with van der Waals surface area (Å²) >= 11 is 0. The fourth-order valence-electron chi connectivity index (χ4n) is 5.14. The number of aromatic nitrogens is 3. The predicted octanol–water partition coefficient (Wildman–Crippen LogP) is 7.63. The van der Waals surface area contributed by atoms with E-state index in [0.29, 0.717) is 67.6 Å². The third-order valence-corrected chi connectivity index (χ3v) is 7.35.